The number of carbonyl (C=O) groups excluding carboxylic acids is 1. The first-order valence-electron chi connectivity index (χ1n) is 5.95. The fourth-order valence-corrected chi connectivity index (χ4v) is 3.02. The van der Waals surface area contributed by atoms with E-state index in [1.807, 2.05) is 0 Å². The third kappa shape index (κ3) is 2.43. The zero-order valence-electron chi connectivity index (χ0n) is 10.0. The van der Waals surface area contributed by atoms with Crippen LogP contribution in [0.4, 0.5) is 0 Å². The monoisotopic (exact) mass is 289 g/mol. The maximum atomic E-state index is 12.1. The Morgan fingerprint density at radius 2 is 2.00 bits per heavy atom. The Labute approximate surface area is 105 Å². The van der Waals surface area contributed by atoms with Crippen molar-refractivity contribution in [2.24, 2.45) is 11.3 Å². The normalized spacial score (nSPS) is 30.8. The van der Waals surface area contributed by atoms with Crippen molar-refractivity contribution < 1.29 is 9.53 Å². The SMILES string of the molecule is CC1(C)CC1C(=O)NC1(CBr)CCOCC1. The molecule has 0 aromatic carbocycles. The molecule has 1 aliphatic carbocycles. The molecular weight excluding hydrogens is 270 g/mol. The van der Waals surface area contributed by atoms with Crippen LogP contribution in [0.3, 0.4) is 0 Å². The first-order valence-corrected chi connectivity index (χ1v) is 7.07. The summed E-state index contributed by atoms with van der Waals surface area (Å²) in [5.41, 5.74) is 0.136. The predicted octanol–water partition coefficient (Wildman–Crippen LogP) is 2.09. The third-order valence-corrected chi connectivity index (χ3v) is 5.00. The first kappa shape index (κ1) is 12.4. The number of ether oxygens (including phenoxy) is 1. The highest BCUT2D eigenvalue weighted by molar-refractivity contribution is 9.09. The summed E-state index contributed by atoms with van der Waals surface area (Å²) in [7, 11) is 0. The minimum absolute atomic E-state index is 0.0754. The molecule has 1 atom stereocenters. The van der Waals surface area contributed by atoms with Crippen molar-refractivity contribution in [1.82, 2.24) is 5.32 Å². The van der Waals surface area contributed by atoms with Crippen molar-refractivity contribution in [1.29, 1.82) is 0 Å². The van der Waals surface area contributed by atoms with Crippen LogP contribution in [0.2, 0.25) is 0 Å². The Kier molecular flexibility index (Phi) is 3.32. The highest BCUT2D eigenvalue weighted by Gasteiger charge is 2.51. The van der Waals surface area contributed by atoms with E-state index in [0.29, 0.717) is 0 Å². The summed E-state index contributed by atoms with van der Waals surface area (Å²) in [4.78, 5) is 12.1. The van der Waals surface area contributed by atoms with Gasteiger partial charge in [-0.2, -0.15) is 0 Å². The van der Waals surface area contributed by atoms with Crippen molar-refractivity contribution >= 4 is 21.8 Å². The number of alkyl halides is 1. The second-order valence-corrected chi connectivity index (χ2v) is 6.32. The number of nitrogens with one attached hydrogen (secondary N) is 1. The van der Waals surface area contributed by atoms with Gasteiger partial charge < -0.3 is 10.1 Å². The van der Waals surface area contributed by atoms with Crippen LogP contribution in [0.5, 0.6) is 0 Å². The van der Waals surface area contributed by atoms with E-state index in [0.717, 1.165) is 37.8 Å². The quantitative estimate of drug-likeness (QED) is 0.808. The molecular formula is C12H20BrNO2. The highest BCUT2D eigenvalue weighted by Crippen LogP contribution is 2.51. The predicted molar refractivity (Wildman–Crippen MR) is 66.6 cm³/mol. The molecule has 1 saturated carbocycles. The number of hydrogen-bond donors (Lipinski definition) is 1. The molecule has 1 amide bonds. The molecule has 0 radical (unpaired) electrons. The molecule has 0 aromatic heterocycles. The van der Waals surface area contributed by atoms with Crippen LogP contribution < -0.4 is 5.32 Å². The van der Waals surface area contributed by atoms with Gasteiger partial charge in [-0.25, -0.2) is 0 Å². The Balaban J connectivity index is 1.94. The summed E-state index contributed by atoms with van der Waals surface area (Å²) in [6, 6.07) is 0. The van der Waals surface area contributed by atoms with Crippen molar-refractivity contribution in [3.05, 3.63) is 0 Å². The summed E-state index contributed by atoms with van der Waals surface area (Å²) in [5, 5.41) is 4.06. The van der Waals surface area contributed by atoms with E-state index in [1.165, 1.54) is 0 Å². The lowest BCUT2D eigenvalue weighted by Crippen LogP contribution is -2.54. The second-order valence-electron chi connectivity index (χ2n) is 5.76. The maximum absolute atomic E-state index is 12.1. The molecule has 92 valence electrons. The van der Waals surface area contributed by atoms with Gasteiger partial charge in [-0.05, 0) is 24.7 Å². The van der Waals surface area contributed by atoms with E-state index in [2.05, 4.69) is 35.1 Å². The van der Waals surface area contributed by atoms with Crippen LogP contribution in [-0.4, -0.2) is 30.0 Å². The average molecular weight is 290 g/mol. The summed E-state index contributed by atoms with van der Waals surface area (Å²) in [6.45, 7) is 5.81. The van der Waals surface area contributed by atoms with Gasteiger partial charge in [0.25, 0.3) is 0 Å². The summed E-state index contributed by atoms with van der Waals surface area (Å²) in [5.74, 6) is 0.442. The van der Waals surface area contributed by atoms with Crippen LogP contribution >= 0.6 is 15.9 Å². The van der Waals surface area contributed by atoms with Gasteiger partial charge in [-0.1, -0.05) is 29.8 Å². The number of halogens is 1. The molecule has 2 fully saturated rings. The van der Waals surface area contributed by atoms with Crippen molar-refractivity contribution in [2.75, 3.05) is 18.5 Å². The lowest BCUT2D eigenvalue weighted by Gasteiger charge is -2.36. The van der Waals surface area contributed by atoms with Gasteiger partial charge in [0.1, 0.15) is 0 Å². The standard InChI is InChI=1S/C12H20BrNO2/c1-11(2)7-9(11)10(15)14-12(8-13)3-5-16-6-4-12/h9H,3-8H2,1-2H3,(H,14,15). The zero-order chi connectivity index (χ0) is 11.8. The number of carbonyl (C=O) groups is 1. The lowest BCUT2D eigenvalue weighted by molar-refractivity contribution is -0.125. The largest absolute Gasteiger partial charge is 0.381 e. The molecule has 1 unspecified atom stereocenters. The summed E-state index contributed by atoms with van der Waals surface area (Å²) < 4.78 is 5.35. The summed E-state index contributed by atoms with van der Waals surface area (Å²) >= 11 is 3.52. The minimum Gasteiger partial charge on any atom is -0.381 e. The number of rotatable bonds is 3. The van der Waals surface area contributed by atoms with E-state index in [1.54, 1.807) is 0 Å². The minimum atomic E-state index is -0.0754. The van der Waals surface area contributed by atoms with E-state index in [9.17, 15) is 4.79 Å². The fourth-order valence-electron chi connectivity index (χ4n) is 2.32. The van der Waals surface area contributed by atoms with E-state index >= 15 is 0 Å². The van der Waals surface area contributed by atoms with Crippen LogP contribution in [0, 0.1) is 11.3 Å². The molecule has 3 nitrogen and oxygen atoms in total. The van der Waals surface area contributed by atoms with Gasteiger partial charge in [0.2, 0.25) is 5.91 Å². The Morgan fingerprint density at radius 3 is 2.44 bits per heavy atom. The Bertz CT molecular complexity index is 285. The van der Waals surface area contributed by atoms with Crippen LogP contribution in [0.25, 0.3) is 0 Å². The van der Waals surface area contributed by atoms with Gasteiger partial charge in [-0.15, -0.1) is 0 Å². The van der Waals surface area contributed by atoms with Crippen LogP contribution in [0.15, 0.2) is 0 Å². The van der Waals surface area contributed by atoms with Gasteiger partial charge in [-0.3, -0.25) is 4.79 Å². The number of hydrogen-bond acceptors (Lipinski definition) is 2. The lowest BCUT2D eigenvalue weighted by atomic mass is 9.92. The maximum Gasteiger partial charge on any atom is 0.224 e. The van der Waals surface area contributed by atoms with Crippen molar-refractivity contribution in [2.45, 2.75) is 38.6 Å². The van der Waals surface area contributed by atoms with Crippen LogP contribution in [-0.2, 0) is 9.53 Å². The zero-order valence-corrected chi connectivity index (χ0v) is 11.6. The molecule has 0 bridgehead atoms. The molecule has 4 heteroatoms. The molecule has 2 rings (SSSR count). The number of amides is 1. The van der Waals surface area contributed by atoms with Crippen molar-refractivity contribution in [3.63, 3.8) is 0 Å². The summed E-state index contributed by atoms with van der Waals surface area (Å²) in [6.07, 6.45) is 2.85. The van der Waals surface area contributed by atoms with Crippen molar-refractivity contribution in [3.8, 4) is 0 Å². The smallest absolute Gasteiger partial charge is 0.224 e. The highest BCUT2D eigenvalue weighted by atomic mass is 79.9. The molecule has 0 spiro atoms. The molecule has 1 saturated heterocycles. The van der Waals surface area contributed by atoms with E-state index in [-0.39, 0.29) is 22.8 Å². The molecule has 16 heavy (non-hydrogen) atoms. The first-order chi connectivity index (χ1) is 7.49. The molecule has 1 heterocycles. The molecule has 1 N–H and O–H groups in total. The van der Waals surface area contributed by atoms with Gasteiger partial charge in [0.15, 0.2) is 0 Å². The second kappa shape index (κ2) is 4.30. The third-order valence-electron chi connectivity index (χ3n) is 3.92. The molecule has 1 aliphatic heterocycles. The van der Waals surface area contributed by atoms with Gasteiger partial charge in [0, 0.05) is 24.5 Å². The Morgan fingerprint density at radius 1 is 1.44 bits per heavy atom. The van der Waals surface area contributed by atoms with Gasteiger partial charge in [0.05, 0.1) is 5.54 Å². The van der Waals surface area contributed by atoms with Gasteiger partial charge >= 0.3 is 0 Å². The molecule has 2 aliphatic rings. The molecule has 0 aromatic rings. The van der Waals surface area contributed by atoms with E-state index in [4.69, 9.17) is 4.74 Å². The average Bonchev–Trinajstić information content (AvgIpc) is 2.89. The Hall–Kier alpha value is -0.0900. The fraction of sp³-hybridized carbons (Fsp3) is 0.917. The topological polar surface area (TPSA) is 38.3 Å². The van der Waals surface area contributed by atoms with E-state index < -0.39 is 0 Å². The van der Waals surface area contributed by atoms with Crippen LogP contribution in [0.1, 0.15) is 33.1 Å².